The van der Waals surface area contributed by atoms with E-state index in [-0.39, 0.29) is 11.8 Å². The monoisotopic (exact) mass is 333 g/mol. The predicted molar refractivity (Wildman–Crippen MR) is 92.4 cm³/mol. The van der Waals surface area contributed by atoms with Crippen LogP contribution in [-0.2, 0) is 20.9 Å². The Hall–Kier alpha value is -1.92. The Bertz CT molecular complexity index is 514. The highest BCUT2D eigenvalue weighted by molar-refractivity contribution is 5.78. The molecule has 1 aromatic rings. The molecule has 1 heterocycles. The predicted octanol–water partition coefficient (Wildman–Crippen LogP) is 0.874. The molecular formula is C18H27N3O3. The van der Waals surface area contributed by atoms with Gasteiger partial charge >= 0.3 is 0 Å². The maximum Gasteiger partial charge on any atom is 0.234 e. The van der Waals surface area contributed by atoms with Crippen LogP contribution in [-0.4, -0.2) is 67.5 Å². The topological polar surface area (TPSA) is 61.9 Å². The molecule has 1 aliphatic rings. The van der Waals surface area contributed by atoms with Crippen LogP contribution in [0.4, 0.5) is 0 Å². The highest BCUT2D eigenvalue weighted by Gasteiger charge is 2.19. The number of hydrogen-bond donors (Lipinski definition) is 1. The highest BCUT2D eigenvalue weighted by atomic mass is 16.5. The van der Waals surface area contributed by atoms with Crippen LogP contribution in [0.25, 0.3) is 0 Å². The number of carbonyl (C=O) groups excluding carboxylic acids is 2. The second-order valence-corrected chi connectivity index (χ2v) is 6.02. The molecule has 1 N–H and O–H groups in total. The van der Waals surface area contributed by atoms with Crippen molar-refractivity contribution in [3.8, 4) is 0 Å². The Kier molecular flexibility index (Phi) is 7.71. The molecule has 0 bridgehead atoms. The lowest BCUT2D eigenvalue weighted by atomic mass is 10.2. The Morgan fingerprint density at radius 2 is 1.83 bits per heavy atom. The van der Waals surface area contributed by atoms with Gasteiger partial charge < -0.3 is 15.0 Å². The molecular weight excluding hydrogens is 306 g/mol. The van der Waals surface area contributed by atoms with Crippen LogP contribution in [0.3, 0.4) is 0 Å². The summed E-state index contributed by atoms with van der Waals surface area (Å²) in [7, 11) is 0. The second kappa shape index (κ2) is 10.1. The average molecular weight is 333 g/mol. The van der Waals surface area contributed by atoms with Crippen molar-refractivity contribution in [3.05, 3.63) is 35.9 Å². The lowest BCUT2D eigenvalue weighted by Gasteiger charge is -2.33. The molecule has 0 aromatic heterocycles. The van der Waals surface area contributed by atoms with E-state index in [1.165, 1.54) is 0 Å². The smallest absolute Gasteiger partial charge is 0.234 e. The van der Waals surface area contributed by atoms with Gasteiger partial charge in [-0.1, -0.05) is 30.3 Å². The van der Waals surface area contributed by atoms with Crippen LogP contribution in [0.15, 0.2) is 30.3 Å². The van der Waals surface area contributed by atoms with Gasteiger partial charge in [-0.15, -0.1) is 0 Å². The quantitative estimate of drug-likeness (QED) is 0.717. The van der Waals surface area contributed by atoms with Gasteiger partial charge in [0, 0.05) is 46.3 Å². The van der Waals surface area contributed by atoms with E-state index < -0.39 is 0 Å². The Morgan fingerprint density at radius 3 is 2.50 bits per heavy atom. The molecule has 1 saturated heterocycles. The van der Waals surface area contributed by atoms with Crippen molar-refractivity contribution in [1.29, 1.82) is 0 Å². The number of nitrogens with zero attached hydrogens (tertiary/aromatic N) is 2. The third kappa shape index (κ3) is 6.68. The number of nitrogens with one attached hydrogen (secondary N) is 1. The zero-order valence-electron chi connectivity index (χ0n) is 14.4. The van der Waals surface area contributed by atoms with Crippen molar-refractivity contribution in [1.82, 2.24) is 15.1 Å². The molecule has 6 heteroatoms. The Labute approximate surface area is 143 Å². The summed E-state index contributed by atoms with van der Waals surface area (Å²) in [6.45, 7) is 6.77. The number of ether oxygens (including phenoxy) is 1. The second-order valence-electron chi connectivity index (χ2n) is 6.02. The van der Waals surface area contributed by atoms with Crippen molar-refractivity contribution < 1.29 is 14.3 Å². The molecule has 1 aromatic carbocycles. The van der Waals surface area contributed by atoms with Crippen LogP contribution in [0.1, 0.15) is 18.9 Å². The van der Waals surface area contributed by atoms with E-state index in [0.717, 1.165) is 25.1 Å². The minimum atomic E-state index is 0.0364. The number of piperazine rings is 1. The summed E-state index contributed by atoms with van der Waals surface area (Å²) in [5.74, 6) is 0.143. The summed E-state index contributed by atoms with van der Waals surface area (Å²) in [6.07, 6.45) is 0.802. The SMILES string of the molecule is CC(=O)N1CCN(CC(=O)NCCCOCc2ccccc2)CC1. The summed E-state index contributed by atoms with van der Waals surface area (Å²) in [5.41, 5.74) is 1.16. The van der Waals surface area contributed by atoms with Crippen molar-refractivity contribution in [2.24, 2.45) is 0 Å². The van der Waals surface area contributed by atoms with E-state index >= 15 is 0 Å². The molecule has 0 radical (unpaired) electrons. The molecule has 24 heavy (non-hydrogen) atoms. The maximum absolute atomic E-state index is 11.9. The molecule has 6 nitrogen and oxygen atoms in total. The minimum Gasteiger partial charge on any atom is -0.377 e. The molecule has 0 atom stereocenters. The van der Waals surface area contributed by atoms with Crippen LogP contribution in [0, 0.1) is 0 Å². The van der Waals surface area contributed by atoms with Gasteiger partial charge in [-0.2, -0.15) is 0 Å². The molecule has 1 fully saturated rings. The fourth-order valence-electron chi connectivity index (χ4n) is 2.65. The summed E-state index contributed by atoms with van der Waals surface area (Å²) in [6, 6.07) is 10.0. The van der Waals surface area contributed by atoms with Gasteiger partial charge in [0.2, 0.25) is 11.8 Å². The lowest BCUT2D eigenvalue weighted by molar-refractivity contribution is -0.131. The normalized spacial score (nSPS) is 15.3. The summed E-state index contributed by atoms with van der Waals surface area (Å²) in [5, 5.41) is 2.92. The molecule has 2 amide bonds. The number of benzene rings is 1. The summed E-state index contributed by atoms with van der Waals surface area (Å²) < 4.78 is 5.59. The van der Waals surface area contributed by atoms with Gasteiger partial charge in [-0.25, -0.2) is 0 Å². The first kappa shape index (κ1) is 18.4. The van der Waals surface area contributed by atoms with E-state index in [9.17, 15) is 9.59 Å². The Morgan fingerprint density at radius 1 is 1.12 bits per heavy atom. The van der Waals surface area contributed by atoms with Gasteiger partial charge in [0.15, 0.2) is 0 Å². The molecule has 0 spiro atoms. The number of amides is 2. The molecule has 2 rings (SSSR count). The van der Waals surface area contributed by atoms with Gasteiger partial charge in [-0.3, -0.25) is 14.5 Å². The van der Waals surface area contributed by atoms with E-state index in [4.69, 9.17) is 4.74 Å². The zero-order chi connectivity index (χ0) is 17.2. The van der Waals surface area contributed by atoms with Crippen molar-refractivity contribution in [2.45, 2.75) is 20.0 Å². The van der Waals surface area contributed by atoms with Gasteiger partial charge in [0.25, 0.3) is 0 Å². The fraction of sp³-hybridized carbons (Fsp3) is 0.556. The van der Waals surface area contributed by atoms with Gasteiger partial charge in [0.1, 0.15) is 0 Å². The first-order valence-electron chi connectivity index (χ1n) is 8.51. The van der Waals surface area contributed by atoms with Crippen LogP contribution in [0.2, 0.25) is 0 Å². The van der Waals surface area contributed by atoms with Crippen molar-refractivity contribution >= 4 is 11.8 Å². The maximum atomic E-state index is 11.9. The molecule has 0 saturated carbocycles. The molecule has 132 valence electrons. The Balaban J connectivity index is 1.49. The third-order valence-corrected chi connectivity index (χ3v) is 4.08. The van der Waals surface area contributed by atoms with E-state index in [1.54, 1.807) is 6.92 Å². The van der Waals surface area contributed by atoms with Gasteiger partial charge in [-0.05, 0) is 12.0 Å². The summed E-state index contributed by atoms with van der Waals surface area (Å²) in [4.78, 5) is 27.1. The standard InChI is InChI=1S/C18H27N3O3/c1-16(22)21-11-9-20(10-12-21)14-18(23)19-8-5-13-24-15-17-6-3-2-4-7-17/h2-4,6-7H,5,8-15H2,1H3,(H,19,23). The molecule has 0 aliphatic carbocycles. The first-order chi connectivity index (χ1) is 11.6. The zero-order valence-corrected chi connectivity index (χ0v) is 14.4. The highest BCUT2D eigenvalue weighted by Crippen LogP contribution is 2.02. The summed E-state index contributed by atoms with van der Waals surface area (Å²) >= 11 is 0. The van der Waals surface area contributed by atoms with Gasteiger partial charge in [0.05, 0.1) is 13.2 Å². The first-order valence-corrected chi connectivity index (χ1v) is 8.51. The lowest BCUT2D eigenvalue weighted by Crippen LogP contribution is -2.50. The number of hydrogen-bond acceptors (Lipinski definition) is 4. The molecule has 1 aliphatic heterocycles. The number of rotatable bonds is 8. The number of carbonyl (C=O) groups is 2. The largest absolute Gasteiger partial charge is 0.377 e. The van der Waals surface area contributed by atoms with Crippen LogP contribution < -0.4 is 5.32 Å². The van der Waals surface area contributed by atoms with Crippen molar-refractivity contribution in [2.75, 3.05) is 45.9 Å². The average Bonchev–Trinajstić information content (AvgIpc) is 2.59. The third-order valence-electron chi connectivity index (χ3n) is 4.08. The fourth-order valence-corrected chi connectivity index (χ4v) is 2.65. The van der Waals surface area contributed by atoms with Crippen LogP contribution >= 0.6 is 0 Å². The molecule has 0 unspecified atom stereocenters. The van der Waals surface area contributed by atoms with Crippen LogP contribution in [0.5, 0.6) is 0 Å². The van der Waals surface area contributed by atoms with E-state index in [1.807, 2.05) is 35.2 Å². The van der Waals surface area contributed by atoms with E-state index in [2.05, 4.69) is 10.2 Å². The van der Waals surface area contributed by atoms with Crippen molar-refractivity contribution in [3.63, 3.8) is 0 Å². The minimum absolute atomic E-state index is 0.0364. The van der Waals surface area contributed by atoms with E-state index in [0.29, 0.717) is 39.4 Å².